The van der Waals surface area contributed by atoms with E-state index in [1.807, 2.05) is 24.3 Å². The topological polar surface area (TPSA) is 37.8 Å². The smallest absolute Gasteiger partial charge is 0.142 e. The molecule has 0 amide bonds. The summed E-state index contributed by atoms with van der Waals surface area (Å²) in [6.07, 6.45) is 6.48. The summed E-state index contributed by atoms with van der Waals surface area (Å²) < 4.78 is 0. The summed E-state index contributed by atoms with van der Waals surface area (Å²) in [6, 6.07) is 6.98. The molecule has 1 fully saturated rings. The molecule has 0 aromatic carbocycles. The van der Waals surface area contributed by atoms with Crippen molar-refractivity contribution in [3.63, 3.8) is 0 Å². The van der Waals surface area contributed by atoms with Gasteiger partial charge >= 0.3 is 0 Å². The molecule has 1 saturated carbocycles. The Bertz CT molecular complexity index is 645. The van der Waals surface area contributed by atoms with Gasteiger partial charge in [-0.3, -0.25) is 4.98 Å². The highest BCUT2D eigenvalue weighted by Gasteiger charge is 2.28. The Hall–Kier alpha value is -1.26. The molecule has 0 aliphatic heterocycles. The third kappa shape index (κ3) is 2.87. The molecule has 2 aliphatic rings. The molecule has 1 N–H and O–H groups in total. The van der Waals surface area contributed by atoms with Gasteiger partial charge in [0.25, 0.3) is 0 Å². The number of nitrogens with zero attached hydrogens (tertiary/aromatic N) is 2. The van der Waals surface area contributed by atoms with Crippen LogP contribution in [0.5, 0.6) is 0 Å². The number of fused-ring (bicyclic) bond motifs is 1. The lowest BCUT2D eigenvalue weighted by molar-refractivity contribution is 0.500. The van der Waals surface area contributed by atoms with Crippen LogP contribution in [0, 0.1) is 6.92 Å². The molecule has 1 atom stereocenters. The SMILES string of the molecule is Cc1cccc(-c2nc3c(s2)CCCC3CNC2CC2)n1. The maximum absolute atomic E-state index is 4.96. The highest BCUT2D eigenvalue weighted by Crippen LogP contribution is 2.37. The fourth-order valence-corrected chi connectivity index (χ4v) is 4.23. The molecule has 0 bridgehead atoms. The highest BCUT2D eigenvalue weighted by molar-refractivity contribution is 7.15. The summed E-state index contributed by atoms with van der Waals surface area (Å²) in [7, 11) is 0. The van der Waals surface area contributed by atoms with Gasteiger partial charge in [-0.05, 0) is 51.2 Å². The van der Waals surface area contributed by atoms with E-state index >= 15 is 0 Å². The van der Waals surface area contributed by atoms with Gasteiger partial charge in [0, 0.05) is 29.1 Å². The van der Waals surface area contributed by atoms with E-state index in [0.29, 0.717) is 5.92 Å². The van der Waals surface area contributed by atoms with Gasteiger partial charge in [-0.1, -0.05) is 6.07 Å². The zero-order valence-electron chi connectivity index (χ0n) is 12.4. The third-order valence-electron chi connectivity index (χ3n) is 4.41. The summed E-state index contributed by atoms with van der Waals surface area (Å²) in [4.78, 5) is 11.1. The number of aromatic nitrogens is 2. The number of rotatable bonds is 4. The van der Waals surface area contributed by atoms with E-state index < -0.39 is 0 Å². The largest absolute Gasteiger partial charge is 0.313 e. The molecule has 0 radical (unpaired) electrons. The van der Waals surface area contributed by atoms with E-state index in [-0.39, 0.29) is 0 Å². The number of thiazole rings is 1. The summed E-state index contributed by atoms with van der Waals surface area (Å²) in [6.45, 7) is 3.14. The van der Waals surface area contributed by atoms with Crippen molar-refractivity contribution >= 4 is 11.3 Å². The molecule has 0 saturated heterocycles. The van der Waals surface area contributed by atoms with Crippen LogP contribution in [0.15, 0.2) is 18.2 Å². The summed E-state index contributed by atoms with van der Waals surface area (Å²) >= 11 is 1.85. The fourth-order valence-electron chi connectivity index (χ4n) is 3.07. The van der Waals surface area contributed by atoms with E-state index in [9.17, 15) is 0 Å². The second-order valence-electron chi connectivity index (χ2n) is 6.26. The van der Waals surface area contributed by atoms with E-state index in [1.165, 1.54) is 42.7 Å². The third-order valence-corrected chi connectivity index (χ3v) is 5.56. The van der Waals surface area contributed by atoms with E-state index in [2.05, 4.69) is 22.4 Å². The van der Waals surface area contributed by atoms with Gasteiger partial charge in [0.15, 0.2) is 0 Å². The van der Waals surface area contributed by atoms with Crippen molar-refractivity contribution < 1.29 is 0 Å². The first-order valence-corrected chi connectivity index (χ1v) is 8.78. The van der Waals surface area contributed by atoms with Crippen LogP contribution < -0.4 is 5.32 Å². The lowest BCUT2D eigenvalue weighted by Gasteiger charge is -2.21. The predicted molar refractivity (Wildman–Crippen MR) is 86.8 cm³/mol. The van der Waals surface area contributed by atoms with Crippen LogP contribution in [0.3, 0.4) is 0 Å². The first-order chi connectivity index (χ1) is 10.3. The second-order valence-corrected chi connectivity index (χ2v) is 7.35. The molecule has 4 heteroatoms. The second kappa shape index (κ2) is 5.50. The Labute approximate surface area is 129 Å². The molecule has 2 aromatic rings. The van der Waals surface area contributed by atoms with Crippen LogP contribution in [-0.2, 0) is 6.42 Å². The number of pyridine rings is 1. The number of aryl methyl sites for hydroxylation is 2. The Kier molecular flexibility index (Phi) is 3.51. The molecule has 1 unspecified atom stereocenters. The maximum atomic E-state index is 4.96. The van der Waals surface area contributed by atoms with Gasteiger partial charge in [0.2, 0.25) is 0 Å². The molecule has 4 rings (SSSR count). The van der Waals surface area contributed by atoms with Gasteiger partial charge in [0.05, 0.1) is 11.4 Å². The van der Waals surface area contributed by atoms with E-state index in [1.54, 1.807) is 0 Å². The van der Waals surface area contributed by atoms with Crippen molar-refractivity contribution in [3.05, 3.63) is 34.5 Å². The molecule has 0 spiro atoms. The van der Waals surface area contributed by atoms with Crippen LogP contribution in [0.1, 0.15) is 47.9 Å². The fraction of sp³-hybridized carbons (Fsp3) is 0.529. The van der Waals surface area contributed by atoms with Crippen LogP contribution >= 0.6 is 11.3 Å². The zero-order chi connectivity index (χ0) is 14.2. The molecular weight excluding hydrogens is 278 g/mol. The first-order valence-electron chi connectivity index (χ1n) is 7.96. The van der Waals surface area contributed by atoms with Gasteiger partial charge in [-0.15, -0.1) is 11.3 Å². The first kappa shape index (κ1) is 13.4. The standard InChI is InChI=1S/C17H21N3S/c1-11-4-2-6-14(19-11)17-20-16-12(10-18-13-8-9-13)5-3-7-15(16)21-17/h2,4,6,12-13,18H,3,5,7-10H2,1H3. The monoisotopic (exact) mass is 299 g/mol. The Morgan fingerprint density at radius 1 is 1.24 bits per heavy atom. The van der Waals surface area contributed by atoms with Crippen molar-refractivity contribution in [2.45, 2.75) is 51.0 Å². The Balaban J connectivity index is 1.60. The minimum Gasteiger partial charge on any atom is -0.313 e. The molecule has 21 heavy (non-hydrogen) atoms. The Morgan fingerprint density at radius 2 is 2.14 bits per heavy atom. The van der Waals surface area contributed by atoms with Gasteiger partial charge in [-0.2, -0.15) is 0 Å². The summed E-state index contributed by atoms with van der Waals surface area (Å²) in [5.74, 6) is 0.601. The van der Waals surface area contributed by atoms with Crippen molar-refractivity contribution in [3.8, 4) is 10.7 Å². The normalized spacial score (nSPS) is 21.3. The van der Waals surface area contributed by atoms with Gasteiger partial charge in [-0.25, -0.2) is 4.98 Å². The van der Waals surface area contributed by atoms with Crippen LogP contribution in [0.2, 0.25) is 0 Å². The van der Waals surface area contributed by atoms with Crippen LogP contribution in [-0.4, -0.2) is 22.6 Å². The van der Waals surface area contributed by atoms with E-state index in [4.69, 9.17) is 4.98 Å². The van der Waals surface area contributed by atoms with Gasteiger partial charge in [0.1, 0.15) is 5.01 Å². The Morgan fingerprint density at radius 3 is 2.95 bits per heavy atom. The number of nitrogens with one attached hydrogen (secondary N) is 1. The molecular formula is C17H21N3S. The predicted octanol–water partition coefficient (Wildman–Crippen LogP) is 3.69. The zero-order valence-corrected chi connectivity index (χ0v) is 13.2. The van der Waals surface area contributed by atoms with Crippen molar-refractivity contribution in [1.82, 2.24) is 15.3 Å². The van der Waals surface area contributed by atoms with Crippen molar-refractivity contribution in [2.24, 2.45) is 0 Å². The van der Waals surface area contributed by atoms with Gasteiger partial charge < -0.3 is 5.32 Å². The van der Waals surface area contributed by atoms with Crippen LogP contribution in [0.25, 0.3) is 10.7 Å². The van der Waals surface area contributed by atoms with Crippen molar-refractivity contribution in [1.29, 1.82) is 0 Å². The minimum atomic E-state index is 0.601. The highest BCUT2D eigenvalue weighted by atomic mass is 32.1. The molecule has 2 aliphatic carbocycles. The molecule has 2 heterocycles. The van der Waals surface area contributed by atoms with Crippen molar-refractivity contribution in [2.75, 3.05) is 6.54 Å². The minimum absolute atomic E-state index is 0.601. The lowest BCUT2D eigenvalue weighted by atomic mass is 9.91. The molecule has 2 aromatic heterocycles. The average Bonchev–Trinajstić information content (AvgIpc) is 3.21. The molecule has 3 nitrogen and oxygen atoms in total. The average molecular weight is 299 g/mol. The summed E-state index contributed by atoms with van der Waals surface area (Å²) in [5, 5.41) is 4.77. The van der Waals surface area contributed by atoms with E-state index in [0.717, 1.165) is 29.0 Å². The quantitative estimate of drug-likeness (QED) is 0.935. The number of hydrogen-bond donors (Lipinski definition) is 1. The maximum Gasteiger partial charge on any atom is 0.142 e. The lowest BCUT2D eigenvalue weighted by Crippen LogP contribution is -2.25. The molecule has 110 valence electrons. The summed E-state index contributed by atoms with van der Waals surface area (Å²) in [5.41, 5.74) is 3.44. The number of hydrogen-bond acceptors (Lipinski definition) is 4. The van der Waals surface area contributed by atoms with Crippen LogP contribution in [0.4, 0.5) is 0 Å².